The monoisotopic (exact) mass is 279 g/mol. The number of hydrogen-bond acceptors (Lipinski definition) is 4. The van der Waals surface area contributed by atoms with Crippen LogP contribution in [0, 0.1) is 11.3 Å². The second kappa shape index (κ2) is 6.35. The van der Waals surface area contributed by atoms with E-state index >= 15 is 0 Å². The van der Waals surface area contributed by atoms with Crippen LogP contribution in [0.3, 0.4) is 0 Å². The van der Waals surface area contributed by atoms with Crippen LogP contribution in [0.2, 0.25) is 0 Å². The number of nitriles is 1. The molecule has 2 aromatic carbocycles. The van der Waals surface area contributed by atoms with Crippen LogP contribution >= 0.6 is 0 Å². The highest BCUT2D eigenvalue weighted by molar-refractivity contribution is 6.10. The first-order chi connectivity index (χ1) is 10.1. The normalized spacial score (nSPS) is 9.67. The van der Waals surface area contributed by atoms with Crippen molar-refractivity contribution >= 4 is 17.6 Å². The van der Waals surface area contributed by atoms with Gasteiger partial charge in [-0.2, -0.15) is 5.26 Å². The summed E-state index contributed by atoms with van der Waals surface area (Å²) in [5.41, 5.74) is 1.25. The summed E-state index contributed by atoms with van der Waals surface area (Å²) in [5, 5.41) is 22.2. The molecule has 0 heterocycles. The number of carbonyl (C=O) groups is 2. The summed E-state index contributed by atoms with van der Waals surface area (Å²) in [4.78, 5) is 23.1. The first kappa shape index (κ1) is 14.3. The number of nitrogens with one attached hydrogen (secondary N) is 1. The summed E-state index contributed by atoms with van der Waals surface area (Å²) < 4.78 is 0. The van der Waals surface area contributed by atoms with Gasteiger partial charge in [0.2, 0.25) is 0 Å². The molecular weight excluding hydrogens is 268 g/mol. The number of nitrogens with zero attached hydrogens (tertiary/aromatic N) is 1. The molecule has 1 amide bonds. The zero-order valence-corrected chi connectivity index (χ0v) is 11.0. The average molecular weight is 279 g/mol. The standard InChI is InChI=1S/C16H12N2O3/c17-10-9-11-5-7-12(8-6-11)18-15(19)13-3-1-2-4-14(13)16(20)21/h1-8H,9H2,(H,18,19)(H,20,21)/p-1. The summed E-state index contributed by atoms with van der Waals surface area (Å²) in [6.45, 7) is 0. The van der Waals surface area contributed by atoms with Gasteiger partial charge in [-0.15, -0.1) is 0 Å². The lowest BCUT2D eigenvalue weighted by atomic mass is 10.1. The first-order valence-corrected chi connectivity index (χ1v) is 6.19. The van der Waals surface area contributed by atoms with E-state index in [1.54, 1.807) is 30.3 Å². The van der Waals surface area contributed by atoms with E-state index in [0.717, 1.165) is 5.56 Å². The van der Waals surface area contributed by atoms with E-state index in [4.69, 9.17) is 5.26 Å². The fraction of sp³-hybridized carbons (Fsp3) is 0.0625. The number of hydrogen-bond donors (Lipinski definition) is 1. The van der Waals surface area contributed by atoms with E-state index in [1.807, 2.05) is 6.07 Å². The van der Waals surface area contributed by atoms with Gasteiger partial charge < -0.3 is 15.2 Å². The van der Waals surface area contributed by atoms with Crippen molar-refractivity contribution in [2.24, 2.45) is 0 Å². The molecule has 0 aliphatic rings. The molecule has 0 spiro atoms. The molecule has 0 unspecified atom stereocenters. The SMILES string of the molecule is N#CCc1ccc(NC(=O)c2ccccc2C(=O)[O-])cc1. The summed E-state index contributed by atoms with van der Waals surface area (Å²) in [5.74, 6) is -1.92. The number of carbonyl (C=O) groups excluding carboxylic acids is 2. The number of amides is 1. The van der Waals surface area contributed by atoms with Crippen molar-refractivity contribution in [1.29, 1.82) is 5.26 Å². The Morgan fingerprint density at radius 1 is 1.05 bits per heavy atom. The molecule has 21 heavy (non-hydrogen) atoms. The molecule has 0 saturated carbocycles. The van der Waals surface area contributed by atoms with E-state index in [1.165, 1.54) is 18.2 Å². The van der Waals surface area contributed by atoms with Gasteiger partial charge in [0.1, 0.15) is 0 Å². The highest BCUT2D eigenvalue weighted by Gasteiger charge is 2.11. The largest absolute Gasteiger partial charge is 0.545 e. The maximum Gasteiger partial charge on any atom is 0.256 e. The van der Waals surface area contributed by atoms with E-state index < -0.39 is 11.9 Å². The van der Waals surface area contributed by atoms with Crippen molar-refractivity contribution in [1.82, 2.24) is 0 Å². The molecule has 0 aliphatic carbocycles. The van der Waals surface area contributed by atoms with Crippen LogP contribution in [-0.2, 0) is 6.42 Å². The van der Waals surface area contributed by atoms with Crippen LogP contribution in [0.25, 0.3) is 0 Å². The smallest absolute Gasteiger partial charge is 0.256 e. The molecule has 1 N–H and O–H groups in total. The number of aromatic carboxylic acids is 1. The Morgan fingerprint density at radius 3 is 2.24 bits per heavy atom. The number of benzene rings is 2. The minimum Gasteiger partial charge on any atom is -0.545 e. The van der Waals surface area contributed by atoms with Gasteiger partial charge in [-0.3, -0.25) is 4.79 Å². The van der Waals surface area contributed by atoms with Gasteiger partial charge in [0.15, 0.2) is 0 Å². The Balaban J connectivity index is 2.19. The lowest BCUT2D eigenvalue weighted by molar-refractivity contribution is -0.255. The zero-order chi connectivity index (χ0) is 15.2. The van der Waals surface area contributed by atoms with Crippen LogP contribution in [-0.4, -0.2) is 11.9 Å². The van der Waals surface area contributed by atoms with Crippen molar-refractivity contribution in [3.63, 3.8) is 0 Å². The molecule has 2 aromatic rings. The quantitative estimate of drug-likeness (QED) is 0.914. The lowest BCUT2D eigenvalue weighted by Crippen LogP contribution is -2.26. The highest BCUT2D eigenvalue weighted by Crippen LogP contribution is 2.14. The summed E-state index contributed by atoms with van der Waals surface area (Å²) in [6, 6.07) is 14.6. The third-order valence-electron chi connectivity index (χ3n) is 2.89. The molecule has 0 bridgehead atoms. The second-order valence-corrected chi connectivity index (χ2v) is 4.32. The molecule has 0 aromatic heterocycles. The summed E-state index contributed by atoms with van der Waals surface area (Å²) in [6.07, 6.45) is 0.293. The predicted octanol–water partition coefficient (Wildman–Crippen LogP) is 1.37. The van der Waals surface area contributed by atoms with Crippen LogP contribution in [0.1, 0.15) is 26.3 Å². The number of rotatable bonds is 4. The fourth-order valence-corrected chi connectivity index (χ4v) is 1.85. The second-order valence-electron chi connectivity index (χ2n) is 4.32. The molecule has 0 saturated heterocycles. The minimum atomic E-state index is -1.40. The Morgan fingerprint density at radius 2 is 1.67 bits per heavy atom. The molecule has 5 nitrogen and oxygen atoms in total. The van der Waals surface area contributed by atoms with Crippen LogP contribution in [0.5, 0.6) is 0 Å². The third-order valence-corrected chi connectivity index (χ3v) is 2.89. The van der Waals surface area contributed by atoms with Crippen molar-refractivity contribution in [2.45, 2.75) is 6.42 Å². The average Bonchev–Trinajstić information content (AvgIpc) is 2.49. The third kappa shape index (κ3) is 3.45. The molecule has 2 rings (SSSR count). The highest BCUT2D eigenvalue weighted by atomic mass is 16.4. The van der Waals surface area contributed by atoms with Gasteiger partial charge in [0.25, 0.3) is 5.91 Å². The molecule has 0 atom stereocenters. The number of anilines is 1. The van der Waals surface area contributed by atoms with Crippen LogP contribution in [0.15, 0.2) is 48.5 Å². The van der Waals surface area contributed by atoms with Gasteiger partial charge in [-0.05, 0) is 23.8 Å². The molecule has 0 fully saturated rings. The molecular formula is C16H11N2O3-. The summed E-state index contributed by atoms with van der Waals surface area (Å²) >= 11 is 0. The van der Waals surface area contributed by atoms with Crippen LogP contribution in [0.4, 0.5) is 5.69 Å². The Hall–Kier alpha value is -3.13. The lowest BCUT2D eigenvalue weighted by Gasteiger charge is -2.10. The maximum atomic E-state index is 12.1. The topological polar surface area (TPSA) is 93.0 Å². The zero-order valence-electron chi connectivity index (χ0n) is 11.0. The van der Waals surface area contributed by atoms with Crippen LogP contribution < -0.4 is 10.4 Å². The van der Waals surface area contributed by atoms with Gasteiger partial charge in [0.05, 0.1) is 18.5 Å². The maximum absolute atomic E-state index is 12.1. The van der Waals surface area contributed by atoms with E-state index in [-0.39, 0.29) is 11.1 Å². The van der Waals surface area contributed by atoms with Crippen molar-refractivity contribution < 1.29 is 14.7 Å². The van der Waals surface area contributed by atoms with E-state index in [2.05, 4.69) is 5.32 Å². The van der Waals surface area contributed by atoms with Gasteiger partial charge in [0, 0.05) is 16.8 Å². The van der Waals surface area contributed by atoms with Gasteiger partial charge >= 0.3 is 0 Å². The van der Waals surface area contributed by atoms with Gasteiger partial charge in [-0.1, -0.05) is 30.3 Å². The van der Waals surface area contributed by atoms with E-state index in [9.17, 15) is 14.7 Å². The fourth-order valence-electron chi connectivity index (χ4n) is 1.85. The molecule has 5 heteroatoms. The summed E-state index contributed by atoms with van der Waals surface area (Å²) in [7, 11) is 0. The molecule has 104 valence electrons. The predicted molar refractivity (Wildman–Crippen MR) is 74.5 cm³/mol. The molecule has 0 radical (unpaired) electrons. The van der Waals surface area contributed by atoms with Crippen molar-refractivity contribution in [3.8, 4) is 6.07 Å². The van der Waals surface area contributed by atoms with E-state index in [0.29, 0.717) is 12.1 Å². The minimum absolute atomic E-state index is 0.0404. The number of carboxylic acid groups (broad SMARTS) is 1. The van der Waals surface area contributed by atoms with Crippen molar-refractivity contribution in [2.75, 3.05) is 5.32 Å². The Bertz CT molecular complexity index is 715. The number of carboxylic acids is 1. The first-order valence-electron chi connectivity index (χ1n) is 6.19. The Kier molecular flexibility index (Phi) is 4.32. The van der Waals surface area contributed by atoms with Crippen molar-refractivity contribution in [3.05, 3.63) is 65.2 Å². The van der Waals surface area contributed by atoms with Gasteiger partial charge in [-0.25, -0.2) is 0 Å². The Labute approximate surface area is 121 Å². The molecule has 0 aliphatic heterocycles.